The Kier molecular flexibility index (Phi) is 4.41. The van der Waals surface area contributed by atoms with E-state index in [-0.39, 0.29) is 0 Å². The normalized spacial score (nSPS) is 12.2. The van der Waals surface area contributed by atoms with Gasteiger partial charge in [-0.1, -0.05) is 33.4 Å². The van der Waals surface area contributed by atoms with Crippen molar-refractivity contribution in [2.24, 2.45) is 0 Å². The predicted octanol–water partition coefficient (Wildman–Crippen LogP) is 3.59. The molecule has 2 nitrogen and oxygen atoms in total. The van der Waals surface area contributed by atoms with Gasteiger partial charge in [0.05, 0.1) is 0 Å². The third-order valence-electron chi connectivity index (χ3n) is 2.82. The molecule has 0 atom stereocenters. The van der Waals surface area contributed by atoms with E-state index in [9.17, 15) is 5.11 Å². The molecule has 1 aliphatic heterocycles. The quantitative estimate of drug-likeness (QED) is 0.796. The Hall–Kier alpha value is -1.44. The molecule has 16 heavy (non-hydrogen) atoms. The Labute approximate surface area is 98.0 Å². The van der Waals surface area contributed by atoms with E-state index in [2.05, 4.69) is 18.8 Å². The maximum Gasteiger partial charge on any atom is 0.125 e. The third-order valence-corrected chi connectivity index (χ3v) is 2.82. The largest absolute Gasteiger partial charge is 0.507 e. The topological polar surface area (TPSA) is 32.3 Å². The molecule has 1 heterocycles. The predicted molar refractivity (Wildman–Crippen MR) is 71.1 cm³/mol. The molecular weight excluding hydrogens is 198 g/mol. The number of phenols is 1. The van der Waals surface area contributed by atoms with Crippen LogP contribution in [0, 0.1) is 0 Å². The minimum absolute atomic E-state index is 0.338. The van der Waals surface area contributed by atoms with Crippen molar-refractivity contribution in [3.8, 4) is 5.75 Å². The van der Waals surface area contributed by atoms with Crippen LogP contribution in [0.25, 0.3) is 6.08 Å². The number of benzene rings is 1. The first-order chi connectivity index (χ1) is 7.77. The third kappa shape index (κ3) is 2.06. The van der Waals surface area contributed by atoms with Crippen molar-refractivity contribution in [1.82, 2.24) is 0 Å². The number of phenolic OH excluding ortho intramolecular Hbond substituents is 1. The molecule has 0 saturated carbocycles. The van der Waals surface area contributed by atoms with Gasteiger partial charge in [0.2, 0.25) is 0 Å². The van der Waals surface area contributed by atoms with Crippen molar-refractivity contribution >= 4 is 11.8 Å². The van der Waals surface area contributed by atoms with Gasteiger partial charge in [-0.3, -0.25) is 0 Å². The van der Waals surface area contributed by atoms with Crippen LogP contribution in [0.5, 0.6) is 5.75 Å². The van der Waals surface area contributed by atoms with E-state index in [4.69, 9.17) is 0 Å². The molecule has 88 valence electrons. The summed E-state index contributed by atoms with van der Waals surface area (Å²) in [5, 5.41) is 13.0. The van der Waals surface area contributed by atoms with Gasteiger partial charge >= 0.3 is 0 Å². The lowest BCUT2D eigenvalue weighted by Gasteiger charge is -2.11. The molecule has 0 amide bonds. The molecule has 2 N–H and O–H groups in total. The first-order valence-electron chi connectivity index (χ1n) is 6.02. The lowest BCUT2D eigenvalue weighted by molar-refractivity contribution is 0.473. The summed E-state index contributed by atoms with van der Waals surface area (Å²) in [6.45, 7) is 10.8. The molecule has 0 fully saturated rings. The van der Waals surface area contributed by atoms with Crippen LogP contribution in [0.2, 0.25) is 0 Å². The standard InChI is InChI=1S/C12H15NO.C2H6/c1-3-8-9(4-2)12(14)7-11-10(8)5-6-13-11;1-2/h4,7,13-14H,2-3,5-6H2,1H3;1-2H3. The van der Waals surface area contributed by atoms with Crippen LogP contribution in [-0.2, 0) is 12.8 Å². The van der Waals surface area contributed by atoms with Gasteiger partial charge in [0.15, 0.2) is 0 Å². The smallest absolute Gasteiger partial charge is 0.125 e. The number of fused-ring (bicyclic) bond motifs is 1. The van der Waals surface area contributed by atoms with Crippen molar-refractivity contribution in [1.29, 1.82) is 0 Å². The summed E-state index contributed by atoms with van der Waals surface area (Å²) in [6.07, 6.45) is 3.74. The highest BCUT2D eigenvalue weighted by atomic mass is 16.3. The second kappa shape index (κ2) is 5.59. The Morgan fingerprint density at radius 3 is 2.75 bits per heavy atom. The van der Waals surface area contributed by atoms with Gasteiger partial charge in [-0.05, 0) is 24.0 Å². The average molecular weight is 219 g/mol. The van der Waals surface area contributed by atoms with Gasteiger partial charge in [0.1, 0.15) is 5.75 Å². The highest BCUT2D eigenvalue weighted by molar-refractivity contribution is 5.71. The molecule has 1 aromatic carbocycles. The highest BCUT2D eigenvalue weighted by Crippen LogP contribution is 2.35. The summed E-state index contributed by atoms with van der Waals surface area (Å²) in [6, 6.07) is 1.80. The van der Waals surface area contributed by atoms with Gasteiger partial charge in [0.25, 0.3) is 0 Å². The molecular formula is C14H21NO. The fourth-order valence-electron chi connectivity index (χ4n) is 2.18. The lowest BCUT2D eigenvalue weighted by Crippen LogP contribution is -1.94. The van der Waals surface area contributed by atoms with Crippen molar-refractivity contribution < 1.29 is 5.11 Å². The zero-order valence-corrected chi connectivity index (χ0v) is 10.4. The first-order valence-corrected chi connectivity index (χ1v) is 6.02. The van der Waals surface area contributed by atoms with Crippen LogP contribution in [0.1, 0.15) is 37.5 Å². The van der Waals surface area contributed by atoms with Crippen LogP contribution in [0.15, 0.2) is 12.6 Å². The zero-order chi connectivity index (χ0) is 12.1. The summed E-state index contributed by atoms with van der Waals surface area (Å²) in [4.78, 5) is 0. The van der Waals surface area contributed by atoms with Crippen molar-refractivity contribution in [3.05, 3.63) is 29.3 Å². The van der Waals surface area contributed by atoms with Crippen LogP contribution >= 0.6 is 0 Å². The summed E-state index contributed by atoms with van der Waals surface area (Å²) in [5.41, 5.74) is 4.57. The van der Waals surface area contributed by atoms with Crippen LogP contribution in [0.4, 0.5) is 5.69 Å². The number of anilines is 1. The molecule has 0 unspecified atom stereocenters. The Bertz CT molecular complexity index is 383. The van der Waals surface area contributed by atoms with Crippen LogP contribution in [0.3, 0.4) is 0 Å². The fraction of sp³-hybridized carbons (Fsp3) is 0.429. The summed E-state index contributed by atoms with van der Waals surface area (Å²) in [5.74, 6) is 0.338. The number of rotatable bonds is 2. The van der Waals surface area contributed by atoms with Gasteiger partial charge in [-0.15, -0.1) is 0 Å². The number of hydrogen-bond donors (Lipinski definition) is 2. The zero-order valence-electron chi connectivity index (χ0n) is 10.4. The minimum atomic E-state index is 0.338. The number of nitrogens with one attached hydrogen (secondary N) is 1. The van der Waals surface area contributed by atoms with E-state index in [1.54, 1.807) is 12.1 Å². The second-order valence-corrected chi connectivity index (χ2v) is 3.55. The number of aromatic hydroxyl groups is 1. The minimum Gasteiger partial charge on any atom is -0.507 e. The maximum absolute atomic E-state index is 9.78. The Morgan fingerprint density at radius 2 is 2.19 bits per heavy atom. The molecule has 0 aromatic heterocycles. The van der Waals surface area contributed by atoms with E-state index < -0.39 is 0 Å². The summed E-state index contributed by atoms with van der Waals surface area (Å²) < 4.78 is 0. The Balaban J connectivity index is 0.000000606. The van der Waals surface area contributed by atoms with Gasteiger partial charge < -0.3 is 10.4 Å². The molecule has 0 saturated heterocycles. The molecule has 2 rings (SSSR count). The molecule has 0 radical (unpaired) electrons. The van der Waals surface area contributed by atoms with E-state index >= 15 is 0 Å². The van der Waals surface area contributed by atoms with Gasteiger partial charge in [0, 0.05) is 23.9 Å². The van der Waals surface area contributed by atoms with Gasteiger partial charge in [-0.25, -0.2) is 0 Å². The number of hydrogen-bond acceptors (Lipinski definition) is 2. The lowest BCUT2D eigenvalue weighted by atomic mass is 9.96. The highest BCUT2D eigenvalue weighted by Gasteiger charge is 2.18. The molecule has 0 spiro atoms. The molecule has 0 aliphatic carbocycles. The van der Waals surface area contributed by atoms with Crippen molar-refractivity contribution in [2.75, 3.05) is 11.9 Å². The molecule has 1 aromatic rings. The van der Waals surface area contributed by atoms with E-state index in [0.717, 1.165) is 30.6 Å². The Morgan fingerprint density at radius 1 is 1.50 bits per heavy atom. The SMILES string of the molecule is C=Cc1c(O)cc2c(c1CC)CCN2.CC. The molecule has 1 aliphatic rings. The van der Waals surface area contributed by atoms with E-state index in [0.29, 0.717) is 5.75 Å². The van der Waals surface area contributed by atoms with E-state index in [1.165, 1.54) is 11.1 Å². The fourth-order valence-corrected chi connectivity index (χ4v) is 2.18. The average Bonchev–Trinajstić information content (AvgIpc) is 2.77. The maximum atomic E-state index is 9.78. The molecule has 2 heteroatoms. The molecule has 0 bridgehead atoms. The van der Waals surface area contributed by atoms with E-state index in [1.807, 2.05) is 13.8 Å². The monoisotopic (exact) mass is 219 g/mol. The van der Waals surface area contributed by atoms with Crippen LogP contribution in [-0.4, -0.2) is 11.7 Å². The van der Waals surface area contributed by atoms with Crippen molar-refractivity contribution in [3.63, 3.8) is 0 Å². The summed E-state index contributed by atoms with van der Waals surface area (Å²) in [7, 11) is 0. The van der Waals surface area contributed by atoms with Crippen LogP contribution < -0.4 is 5.32 Å². The second-order valence-electron chi connectivity index (χ2n) is 3.55. The summed E-state index contributed by atoms with van der Waals surface area (Å²) >= 11 is 0. The first kappa shape index (κ1) is 12.6. The van der Waals surface area contributed by atoms with Gasteiger partial charge in [-0.2, -0.15) is 0 Å². The van der Waals surface area contributed by atoms with Crippen molar-refractivity contribution in [2.45, 2.75) is 33.6 Å².